The van der Waals surface area contributed by atoms with E-state index in [0.717, 1.165) is 12.3 Å². The summed E-state index contributed by atoms with van der Waals surface area (Å²) in [6, 6.07) is 0. The molecule has 0 spiro atoms. The Balaban J connectivity index is 2.10. The molecule has 4 atom stereocenters. The number of aliphatic hydroxyl groups excluding tert-OH is 1. The number of hydrogen-bond donors (Lipinski definition) is 2. The summed E-state index contributed by atoms with van der Waals surface area (Å²) in [5.74, 6) is 1.36. The standard InChI is InChI=1S/C12H23NO2/c1-8-4-5-9-10(6-8)15-11(7-14)13-12(9,2)3/h8-11,13-14H,4-7H2,1-3H3/t8-,9-,10-,11+/m1/s1. The van der Waals surface area contributed by atoms with Gasteiger partial charge in [-0.05, 0) is 32.6 Å². The summed E-state index contributed by atoms with van der Waals surface area (Å²) >= 11 is 0. The largest absolute Gasteiger partial charge is 0.392 e. The van der Waals surface area contributed by atoms with E-state index in [9.17, 15) is 5.11 Å². The quantitative estimate of drug-likeness (QED) is 0.693. The van der Waals surface area contributed by atoms with Gasteiger partial charge in [-0.15, -0.1) is 0 Å². The molecule has 0 aromatic carbocycles. The number of aliphatic hydroxyl groups is 1. The topological polar surface area (TPSA) is 41.5 Å². The predicted molar refractivity (Wildman–Crippen MR) is 59.5 cm³/mol. The van der Waals surface area contributed by atoms with Gasteiger partial charge in [0.2, 0.25) is 0 Å². The predicted octanol–water partition coefficient (Wildman–Crippen LogP) is 1.51. The number of nitrogens with one attached hydrogen (secondary N) is 1. The van der Waals surface area contributed by atoms with Gasteiger partial charge in [-0.25, -0.2) is 0 Å². The van der Waals surface area contributed by atoms with E-state index < -0.39 is 0 Å². The van der Waals surface area contributed by atoms with Crippen molar-refractivity contribution < 1.29 is 9.84 Å². The van der Waals surface area contributed by atoms with Gasteiger partial charge < -0.3 is 9.84 Å². The molecule has 0 aromatic rings. The van der Waals surface area contributed by atoms with E-state index in [-0.39, 0.29) is 18.4 Å². The minimum Gasteiger partial charge on any atom is -0.392 e. The van der Waals surface area contributed by atoms with Crippen molar-refractivity contribution in [2.45, 2.75) is 57.9 Å². The molecule has 0 bridgehead atoms. The van der Waals surface area contributed by atoms with Crippen LogP contribution in [-0.4, -0.2) is 29.6 Å². The summed E-state index contributed by atoms with van der Waals surface area (Å²) in [5, 5.41) is 12.6. The fourth-order valence-electron chi connectivity index (χ4n) is 3.16. The third kappa shape index (κ3) is 2.19. The van der Waals surface area contributed by atoms with Crippen LogP contribution in [-0.2, 0) is 4.74 Å². The molecular weight excluding hydrogens is 190 g/mol. The van der Waals surface area contributed by atoms with Crippen LogP contribution in [0.1, 0.15) is 40.0 Å². The van der Waals surface area contributed by atoms with Crippen LogP contribution in [0.2, 0.25) is 0 Å². The van der Waals surface area contributed by atoms with Crippen LogP contribution in [0.15, 0.2) is 0 Å². The van der Waals surface area contributed by atoms with Gasteiger partial charge in [0.25, 0.3) is 0 Å². The zero-order chi connectivity index (χ0) is 11.1. The second-order valence-electron chi connectivity index (χ2n) is 5.74. The van der Waals surface area contributed by atoms with Gasteiger partial charge in [-0.2, -0.15) is 0 Å². The lowest BCUT2D eigenvalue weighted by atomic mass is 9.71. The molecule has 1 aliphatic carbocycles. The van der Waals surface area contributed by atoms with Gasteiger partial charge in [-0.3, -0.25) is 5.32 Å². The Hall–Kier alpha value is -0.120. The second kappa shape index (κ2) is 4.04. The molecule has 0 aromatic heterocycles. The molecular formula is C12H23NO2. The fraction of sp³-hybridized carbons (Fsp3) is 1.00. The van der Waals surface area contributed by atoms with Crippen molar-refractivity contribution >= 4 is 0 Å². The Kier molecular flexibility index (Phi) is 3.06. The van der Waals surface area contributed by atoms with Gasteiger partial charge in [-0.1, -0.05) is 13.3 Å². The Bertz CT molecular complexity index is 230. The molecule has 1 saturated heterocycles. The Morgan fingerprint density at radius 2 is 2.13 bits per heavy atom. The van der Waals surface area contributed by atoms with Crippen LogP contribution >= 0.6 is 0 Å². The molecule has 2 rings (SSSR count). The normalized spacial score (nSPS) is 44.8. The first-order chi connectivity index (χ1) is 7.03. The molecule has 1 aliphatic heterocycles. The van der Waals surface area contributed by atoms with Gasteiger partial charge in [0, 0.05) is 11.5 Å². The smallest absolute Gasteiger partial charge is 0.132 e. The highest BCUT2D eigenvalue weighted by molar-refractivity contribution is 4.98. The van der Waals surface area contributed by atoms with Crippen molar-refractivity contribution in [3.05, 3.63) is 0 Å². The molecule has 0 unspecified atom stereocenters. The van der Waals surface area contributed by atoms with E-state index in [1.54, 1.807) is 0 Å². The van der Waals surface area contributed by atoms with Crippen molar-refractivity contribution in [3.63, 3.8) is 0 Å². The number of hydrogen-bond acceptors (Lipinski definition) is 3. The second-order valence-corrected chi connectivity index (χ2v) is 5.74. The SMILES string of the molecule is C[C@@H]1CC[C@@H]2[C@@H](C1)O[C@@H](CO)NC2(C)C. The molecule has 1 saturated carbocycles. The first-order valence-corrected chi connectivity index (χ1v) is 6.07. The summed E-state index contributed by atoms with van der Waals surface area (Å²) in [7, 11) is 0. The molecule has 1 heterocycles. The van der Waals surface area contributed by atoms with Crippen molar-refractivity contribution in [2.24, 2.45) is 11.8 Å². The molecule has 88 valence electrons. The summed E-state index contributed by atoms with van der Waals surface area (Å²) in [4.78, 5) is 0. The van der Waals surface area contributed by atoms with Gasteiger partial charge in [0.1, 0.15) is 6.23 Å². The van der Waals surface area contributed by atoms with E-state index in [1.807, 2.05) is 0 Å². The van der Waals surface area contributed by atoms with Gasteiger partial charge in [0.05, 0.1) is 12.7 Å². The lowest BCUT2D eigenvalue weighted by Crippen LogP contribution is -2.63. The number of fused-ring (bicyclic) bond motifs is 1. The first-order valence-electron chi connectivity index (χ1n) is 6.07. The van der Waals surface area contributed by atoms with Crippen LogP contribution in [0, 0.1) is 11.8 Å². The molecule has 3 nitrogen and oxygen atoms in total. The highest BCUT2D eigenvalue weighted by Gasteiger charge is 2.45. The third-order valence-corrected chi connectivity index (χ3v) is 4.02. The Morgan fingerprint density at radius 3 is 2.80 bits per heavy atom. The summed E-state index contributed by atoms with van der Waals surface area (Å²) in [6.45, 7) is 6.82. The first kappa shape index (κ1) is 11.4. The summed E-state index contributed by atoms with van der Waals surface area (Å²) in [5.41, 5.74) is 0.0937. The molecule has 3 heteroatoms. The maximum absolute atomic E-state index is 9.19. The van der Waals surface area contributed by atoms with E-state index >= 15 is 0 Å². The summed E-state index contributed by atoms with van der Waals surface area (Å²) in [6.07, 6.45) is 3.85. The molecule has 15 heavy (non-hydrogen) atoms. The zero-order valence-electron chi connectivity index (χ0n) is 9.99. The highest BCUT2D eigenvalue weighted by Crippen LogP contribution is 2.40. The Labute approximate surface area is 92.2 Å². The van der Waals surface area contributed by atoms with Crippen molar-refractivity contribution in [2.75, 3.05) is 6.61 Å². The molecule has 2 aliphatic rings. The lowest BCUT2D eigenvalue weighted by Gasteiger charge is -2.51. The minimum absolute atomic E-state index is 0.0705. The average Bonchev–Trinajstić information content (AvgIpc) is 2.15. The van der Waals surface area contributed by atoms with Crippen LogP contribution in [0.3, 0.4) is 0 Å². The zero-order valence-corrected chi connectivity index (χ0v) is 9.99. The van der Waals surface area contributed by atoms with E-state index in [0.29, 0.717) is 12.0 Å². The molecule has 0 radical (unpaired) electrons. The van der Waals surface area contributed by atoms with Crippen molar-refractivity contribution in [1.29, 1.82) is 0 Å². The third-order valence-electron chi connectivity index (χ3n) is 4.02. The van der Waals surface area contributed by atoms with Crippen LogP contribution in [0.25, 0.3) is 0 Å². The maximum atomic E-state index is 9.19. The average molecular weight is 213 g/mol. The van der Waals surface area contributed by atoms with Gasteiger partial charge in [0.15, 0.2) is 0 Å². The lowest BCUT2D eigenvalue weighted by molar-refractivity contribution is -0.165. The number of ether oxygens (including phenoxy) is 1. The van der Waals surface area contributed by atoms with Crippen LogP contribution < -0.4 is 5.32 Å². The Morgan fingerprint density at radius 1 is 1.40 bits per heavy atom. The molecule has 2 fully saturated rings. The van der Waals surface area contributed by atoms with Crippen molar-refractivity contribution in [3.8, 4) is 0 Å². The number of rotatable bonds is 1. The molecule has 0 amide bonds. The van der Waals surface area contributed by atoms with Crippen LogP contribution in [0.5, 0.6) is 0 Å². The van der Waals surface area contributed by atoms with E-state index in [1.165, 1.54) is 12.8 Å². The van der Waals surface area contributed by atoms with E-state index in [2.05, 4.69) is 26.1 Å². The minimum atomic E-state index is -0.174. The van der Waals surface area contributed by atoms with Crippen LogP contribution in [0.4, 0.5) is 0 Å². The molecule has 2 N–H and O–H groups in total. The van der Waals surface area contributed by atoms with Gasteiger partial charge >= 0.3 is 0 Å². The summed E-state index contributed by atoms with van der Waals surface area (Å²) < 4.78 is 5.88. The maximum Gasteiger partial charge on any atom is 0.132 e. The van der Waals surface area contributed by atoms with Crippen molar-refractivity contribution in [1.82, 2.24) is 5.32 Å². The monoisotopic (exact) mass is 213 g/mol. The van der Waals surface area contributed by atoms with E-state index in [4.69, 9.17) is 4.74 Å². The highest BCUT2D eigenvalue weighted by atomic mass is 16.5. The fourth-order valence-corrected chi connectivity index (χ4v) is 3.16.